The Morgan fingerprint density at radius 3 is 2.89 bits per heavy atom. The summed E-state index contributed by atoms with van der Waals surface area (Å²) in [7, 11) is 0. The molecule has 0 aliphatic carbocycles. The van der Waals surface area contributed by atoms with Gasteiger partial charge in [0.05, 0.1) is 0 Å². The maximum atomic E-state index is 6.09. The molecule has 0 saturated heterocycles. The Morgan fingerprint density at radius 2 is 2.06 bits per heavy atom. The van der Waals surface area contributed by atoms with Crippen LogP contribution in [0.25, 0.3) is 11.1 Å². The zero-order valence-electron chi connectivity index (χ0n) is 9.82. The van der Waals surface area contributed by atoms with Crippen LogP contribution in [0.1, 0.15) is 11.1 Å². The number of nitrogens with two attached hydrogens (primary N) is 1. The molecule has 0 bridgehead atoms. The SMILES string of the molecule is NCc1ccc(Cl)cc1-c1cccc2c1O[CH]C2. The fourth-order valence-corrected chi connectivity index (χ4v) is 2.46. The first-order valence-corrected chi connectivity index (χ1v) is 6.26. The lowest BCUT2D eigenvalue weighted by atomic mass is 9.97. The van der Waals surface area contributed by atoms with E-state index in [1.165, 1.54) is 5.56 Å². The monoisotopic (exact) mass is 258 g/mol. The predicted molar refractivity (Wildman–Crippen MR) is 73.4 cm³/mol. The lowest BCUT2D eigenvalue weighted by molar-refractivity contribution is 0.436. The number of halogens is 1. The van der Waals surface area contributed by atoms with Crippen LogP contribution in [0.5, 0.6) is 5.75 Å². The third-order valence-electron chi connectivity index (χ3n) is 3.18. The Bertz CT molecular complexity index is 595. The average molecular weight is 259 g/mol. The highest BCUT2D eigenvalue weighted by atomic mass is 35.5. The molecule has 18 heavy (non-hydrogen) atoms. The minimum absolute atomic E-state index is 0.486. The van der Waals surface area contributed by atoms with Crippen LogP contribution in [0.15, 0.2) is 36.4 Å². The van der Waals surface area contributed by atoms with Gasteiger partial charge in [0.25, 0.3) is 0 Å². The van der Waals surface area contributed by atoms with Crippen molar-refractivity contribution in [2.24, 2.45) is 5.73 Å². The van der Waals surface area contributed by atoms with Gasteiger partial charge in [0.1, 0.15) is 12.4 Å². The second-order valence-electron chi connectivity index (χ2n) is 4.29. The van der Waals surface area contributed by atoms with Crippen molar-refractivity contribution >= 4 is 11.6 Å². The first kappa shape index (κ1) is 11.6. The smallest absolute Gasteiger partial charge is 0.140 e. The number of ether oxygens (including phenoxy) is 1. The van der Waals surface area contributed by atoms with Gasteiger partial charge >= 0.3 is 0 Å². The summed E-state index contributed by atoms with van der Waals surface area (Å²) in [6, 6.07) is 11.9. The Hall–Kier alpha value is -1.51. The van der Waals surface area contributed by atoms with Crippen LogP contribution < -0.4 is 10.5 Å². The zero-order chi connectivity index (χ0) is 12.5. The van der Waals surface area contributed by atoms with Crippen LogP contribution >= 0.6 is 11.6 Å². The number of rotatable bonds is 2. The molecule has 0 amide bonds. The standard InChI is InChI=1S/C15H13ClNO/c16-12-5-4-11(9-17)14(8-12)13-3-1-2-10-6-7-18-15(10)13/h1-5,7-8H,6,9,17H2. The Balaban J connectivity index is 2.21. The summed E-state index contributed by atoms with van der Waals surface area (Å²) in [5, 5.41) is 0.710. The van der Waals surface area contributed by atoms with Crippen molar-refractivity contribution in [3.05, 3.63) is 59.2 Å². The lowest BCUT2D eigenvalue weighted by Gasteiger charge is -2.12. The molecule has 3 rings (SSSR count). The van der Waals surface area contributed by atoms with E-state index in [-0.39, 0.29) is 0 Å². The Kier molecular flexibility index (Phi) is 2.98. The van der Waals surface area contributed by atoms with E-state index < -0.39 is 0 Å². The maximum Gasteiger partial charge on any atom is 0.140 e. The van der Waals surface area contributed by atoms with Gasteiger partial charge in [-0.25, -0.2) is 0 Å². The molecule has 0 fully saturated rings. The van der Waals surface area contributed by atoms with E-state index >= 15 is 0 Å². The van der Waals surface area contributed by atoms with Gasteiger partial charge in [-0.05, 0) is 28.8 Å². The third kappa shape index (κ3) is 1.88. The molecular formula is C15H13ClNO. The largest absolute Gasteiger partial charge is 0.485 e. The number of benzene rings is 2. The van der Waals surface area contributed by atoms with E-state index in [1.54, 1.807) is 0 Å². The van der Waals surface area contributed by atoms with Gasteiger partial charge in [0.15, 0.2) is 0 Å². The molecule has 91 valence electrons. The molecule has 2 N–H and O–H groups in total. The number of para-hydroxylation sites is 1. The van der Waals surface area contributed by atoms with Crippen molar-refractivity contribution < 1.29 is 4.74 Å². The number of fused-ring (bicyclic) bond motifs is 1. The third-order valence-corrected chi connectivity index (χ3v) is 3.42. The van der Waals surface area contributed by atoms with E-state index in [0.717, 1.165) is 28.9 Å². The molecular weight excluding hydrogens is 246 g/mol. The normalized spacial score (nSPS) is 13.2. The molecule has 0 saturated carbocycles. The van der Waals surface area contributed by atoms with E-state index in [4.69, 9.17) is 22.1 Å². The summed E-state index contributed by atoms with van der Waals surface area (Å²) in [5.41, 5.74) is 10.2. The predicted octanol–water partition coefficient (Wildman–Crippen LogP) is 3.56. The second kappa shape index (κ2) is 4.63. The molecule has 2 aromatic rings. The van der Waals surface area contributed by atoms with Crippen molar-refractivity contribution in [3.63, 3.8) is 0 Å². The van der Waals surface area contributed by atoms with Crippen molar-refractivity contribution in [2.75, 3.05) is 0 Å². The van der Waals surface area contributed by atoms with Gasteiger partial charge in [0, 0.05) is 23.6 Å². The van der Waals surface area contributed by atoms with Crippen molar-refractivity contribution in [3.8, 4) is 16.9 Å². The summed E-state index contributed by atoms with van der Waals surface area (Å²) in [6.07, 6.45) is 0.849. The summed E-state index contributed by atoms with van der Waals surface area (Å²) >= 11 is 6.09. The molecule has 2 nitrogen and oxygen atoms in total. The molecule has 2 aromatic carbocycles. The van der Waals surface area contributed by atoms with E-state index in [1.807, 2.05) is 36.9 Å². The van der Waals surface area contributed by atoms with Crippen LogP contribution in [0.2, 0.25) is 5.02 Å². The van der Waals surface area contributed by atoms with Gasteiger partial charge in [-0.3, -0.25) is 0 Å². The van der Waals surface area contributed by atoms with Crippen molar-refractivity contribution in [1.29, 1.82) is 0 Å². The first-order valence-electron chi connectivity index (χ1n) is 5.88. The molecule has 1 radical (unpaired) electrons. The fourth-order valence-electron chi connectivity index (χ4n) is 2.29. The van der Waals surface area contributed by atoms with Gasteiger partial charge in [0.2, 0.25) is 0 Å². The zero-order valence-corrected chi connectivity index (χ0v) is 10.6. The van der Waals surface area contributed by atoms with Crippen LogP contribution in [0.3, 0.4) is 0 Å². The topological polar surface area (TPSA) is 35.2 Å². The van der Waals surface area contributed by atoms with E-state index in [9.17, 15) is 0 Å². The second-order valence-corrected chi connectivity index (χ2v) is 4.72. The quantitative estimate of drug-likeness (QED) is 0.894. The summed E-state index contributed by atoms with van der Waals surface area (Å²) < 4.78 is 5.61. The lowest BCUT2D eigenvalue weighted by Crippen LogP contribution is -1.99. The molecule has 0 aromatic heterocycles. The van der Waals surface area contributed by atoms with Crippen LogP contribution in [0, 0.1) is 6.61 Å². The maximum absolute atomic E-state index is 6.09. The Morgan fingerprint density at radius 1 is 1.17 bits per heavy atom. The highest BCUT2D eigenvalue weighted by molar-refractivity contribution is 6.30. The number of hydrogen-bond donors (Lipinski definition) is 1. The van der Waals surface area contributed by atoms with Crippen LogP contribution in [0.4, 0.5) is 0 Å². The highest BCUT2D eigenvalue weighted by Gasteiger charge is 2.18. The molecule has 3 heteroatoms. The van der Waals surface area contributed by atoms with Gasteiger partial charge in [-0.2, -0.15) is 0 Å². The molecule has 1 aliphatic heterocycles. The molecule has 1 aliphatic rings. The van der Waals surface area contributed by atoms with Crippen molar-refractivity contribution in [2.45, 2.75) is 13.0 Å². The minimum Gasteiger partial charge on any atom is -0.485 e. The molecule has 0 atom stereocenters. The van der Waals surface area contributed by atoms with E-state index in [0.29, 0.717) is 11.6 Å². The van der Waals surface area contributed by atoms with Crippen LogP contribution in [-0.2, 0) is 13.0 Å². The van der Waals surface area contributed by atoms with Gasteiger partial charge in [-0.1, -0.05) is 35.9 Å². The molecule has 1 heterocycles. The summed E-state index contributed by atoms with van der Waals surface area (Å²) in [6.45, 7) is 2.31. The number of hydrogen-bond acceptors (Lipinski definition) is 2. The van der Waals surface area contributed by atoms with Gasteiger partial charge in [-0.15, -0.1) is 0 Å². The van der Waals surface area contributed by atoms with Gasteiger partial charge < -0.3 is 10.5 Å². The fraction of sp³-hybridized carbons (Fsp3) is 0.133. The van der Waals surface area contributed by atoms with Crippen LogP contribution in [-0.4, -0.2) is 0 Å². The Labute approximate surface area is 111 Å². The minimum atomic E-state index is 0.486. The van der Waals surface area contributed by atoms with Crippen molar-refractivity contribution in [1.82, 2.24) is 0 Å². The summed E-state index contributed by atoms with van der Waals surface area (Å²) in [4.78, 5) is 0. The van der Waals surface area contributed by atoms with E-state index in [2.05, 4.69) is 6.07 Å². The first-order chi connectivity index (χ1) is 8.79. The molecule has 0 unspecified atom stereocenters. The summed E-state index contributed by atoms with van der Waals surface area (Å²) in [5.74, 6) is 0.925. The highest BCUT2D eigenvalue weighted by Crippen LogP contribution is 2.39. The average Bonchev–Trinajstić information content (AvgIpc) is 2.86. The molecule has 0 spiro atoms.